The quantitative estimate of drug-likeness (QED) is 0.312. The maximum atomic E-state index is 9.70. The SMILES string of the molecule is CCCCOC(C)OC(C(C)OCCCC)C(CO)(CO)CO. The van der Waals surface area contributed by atoms with E-state index in [1.807, 2.05) is 6.92 Å². The average Bonchev–Trinajstić information content (AvgIpc) is 2.56. The van der Waals surface area contributed by atoms with Crippen LogP contribution in [0.1, 0.15) is 53.4 Å². The third-order valence-electron chi connectivity index (χ3n) is 4.04. The number of unbranched alkanes of at least 4 members (excludes halogenated alkanes) is 2. The van der Waals surface area contributed by atoms with Crippen LogP contribution in [-0.4, -0.2) is 66.9 Å². The van der Waals surface area contributed by atoms with Crippen molar-refractivity contribution in [2.24, 2.45) is 5.41 Å². The topological polar surface area (TPSA) is 88.4 Å². The van der Waals surface area contributed by atoms with Crippen molar-refractivity contribution in [1.82, 2.24) is 0 Å². The van der Waals surface area contributed by atoms with Gasteiger partial charge in [0.2, 0.25) is 0 Å². The van der Waals surface area contributed by atoms with Gasteiger partial charge in [-0.15, -0.1) is 0 Å². The van der Waals surface area contributed by atoms with Crippen molar-refractivity contribution in [2.75, 3.05) is 33.0 Å². The highest BCUT2D eigenvalue weighted by Crippen LogP contribution is 2.29. The van der Waals surface area contributed by atoms with E-state index in [0.717, 1.165) is 25.7 Å². The van der Waals surface area contributed by atoms with Gasteiger partial charge in [0, 0.05) is 13.2 Å². The van der Waals surface area contributed by atoms with Crippen LogP contribution in [0.3, 0.4) is 0 Å². The van der Waals surface area contributed by atoms with Gasteiger partial charge in [0.25, 0.3) is 0 Å². The molecular weight excluding hydrogens is 300 g/mol. The second kappa shape index (κ2) is 13.1. The molecule has 0 aliphatic heterocycles. The summed E-state index contributed by atoms with van der Waals surface area (Å²) in [6, 6.07) is 0. The van der Waals surface area contributed by atoms with Crippen LogP contribution in [0.5, 0.6) is 0 Å². The molecular formula is C17H36O6. The maximum absolute atomic E-state index is 9.70. The third kappa shape index (κ3) is 7.92. The fraction of sp³-hybridized carbons (Fsp3) is 1.00. The molecule has 0 spiro atoms. The molecule has 0 aromatic rings. The summed E-state index contributed by atoms with van der Waals surface area (Å²) in [5.74, 6) is 0. The first-order chi connectivity index (χ1) is 11.0. The zero-order chi connectivity index (χ0) is 17.7. The Balaban J connectivity index is 4.90. The van der Waals surface area contributed by atoms with Crippen molar-refractivity contribution < 1.29 is 29.5 Å². The van der Waals surface area contributed by atoms with Crippen molar-refractivity contribution in [3.8, 4) is 0 Å². The van der Waals surface area contributed by atoms with E-state index in [-0.39, 0.29) is 6.10 Å². The largest absolute Gasteiger partial charge is 0.396 e. The van der Waals surface area contributed by atoms with E-state index in [0.29, 0.717) is 13.2 Å². The summed E-state index contributed by atoms with van der Waals surface area (Å²) < 4.78 is 17.3. The monoisotopic (exact) mass is 336 g/mol. The van der Waals surface area contributed by atoms with E-state index >= 15 is 0 Å². The molecule has 0 saturated carbocycles. The first kappa shape index (κ1) is 22.8. The third-order valence-corrected chi connectivity index (χ3v) is 4.04. The second-order valence-corrected chi connectivity index (χ2v) is 6.11. The highest BCUT2D eigenvalue weighted by Gasteiger charge is 2.43. The van der Waals surface area contributed by atoms with Crippen LogP contribution in [0.2, 0.25) is 0 Å². The van der Waals surface area contributed by atoms with Crippen LogP contribution in [-0.2, 0) is 14.2 Å². The summed E-state index contributed by atoms with van der Waals surface area (Å²) in [6.45, 7) is 7.73. The minimum atomic E-state index is -1.17. The van der Waals surface area contributed by atoms with Crippen molar-refractivity contribution in [1.29, 1.82) is 0 Å². The smallest absolute Gasteiger partial charge is 0.155 e. The highest BCUT2D eigenvalue weighted by atomic mass is 16.7. The summed E-state index contributed by atoms with van der Waals surface area (Å²) in [7, 11) is 0. The molecule has 0 fully saturated rings. The molecule has 0 saturated heterocycles. The van der Waals surface area contributed by atoms with E-state index in [9.17, 15) is 15.3 Å². The Labute approximate surface area is 140 Å². The Kier molecular flexibility index (Phi) is 13.0. The van der Waals surface area contributed by atoms with Crippen LogP contribution < -0.4 is 0 Å². The van der Waals surface area contributed by atoms with E-state index in [2.05, 4.69) is 13.8 Å². The number of rotatable bonds is 15. The lowest BCUT2D eigenvalue weighted by Gasteiger charge is -2.40. The molecule has 0 aliphatic rings. The first-order valence-electron chi connectivity index (χ1n) is 8.72. The minimum absolute atomic E-state index is 0.384. The van der Waals surface area contributed by atoms with Gasteiger partial charge in [-0.3, -0.25) is 0 Å². The highest BCUT2D eigenvalue weighted by molar-refractivity contribution is 4.90. The molecule has 23 heavy (non-hydrogen) atoms. The summed E-state index contributed by atoms with van der Waals surface area (Å²) in [5, 5.41) is 29.1. The molecule has 0 aliphatic carbocycles. The normalized spacial score (nSPS) is 16.3. The Morgan fingerprint density at radius 1 is 0.826 bits per heavy atom. The lowest BCUT2D eigenvalue weighted by atomic mass is 9.81. The molecule has 3 atom stereocenters. The molecule has 0 heterocycles. The van der Waals surface area contributed by atoms with Gasteiger partial charge in [-0.2, -0.15) is 0 Å². The molecule has 0 bridgehead atoms. The molecule has 0 aromatic heterocycles. The molecule has 0 amide bonds. The van der Waals surface area contributed by atoms with Gasteiger partial charge >= 0.3 is 0 Å². The van der Waals surface area contributed by atoms with Gasteiger partial charge in [-0.25, -0.2) is 0 Å². The van der Waals surface area contributed by atoms with Crippen molar-refractivity contribution in [3.05, 3.63) is 0 Å². The fourth-order valence-corrected chi connectivity index (χ4v) is 2.31. The van der Waals surface area contributed by atoms with Gasteiger partial charge in [-0.1, -0.05) is 26.7 Å². The maximum Gasteiger partial charge on any atom is 0.155 e. The Morgan fingerprint density at radius 3 is 1.74 bits per heavy atom. The molecule has 3 unspecified atom stereocenters. The minimum Gasteiger partial charge on any atom is -0.396 e. The van der Waals surface area contributed by atoms with Crippen molar-refractivity contribution in [2.45, 2.75) is 71.9 Å². The van der Waals surface area contributed by atoms with Crippen LogP contribution in [0, 0.1) is 5.41 Å². The molecule has 6 nitrogen and oxygen atoms in total. The van der Waals surface area contributed by atoms with E-state index in [1.165, 1.54) is 0 Å². The van der Waals surface area contributed by atoms with Gasteiger partial charge in [0.05, 0.1) is 37.4 Å². The van der Waals surface area contributed by atoms with Crippen LogP contribution in [0.4, 0.5) is 0 Å². The molecule has 0 aromatic carbocycles. The van der Waals surface area contributed by atoms with Gasteiger partial charge < -0.3 is 29.5 Å². The van der Waals surface area contributed by atoms with Crippen molar-refractivity contribution in [3.63, 3.8) is 0 Å². The van der Waals surface area contributed by atoms with Gasteiger partial charge in [0.15, 0.2) is 6.29 Å². The van der Waals surface area contributed by atoms with E-state index < -0.39 is 37.6 Å². The standard InChI is InChI=1S/C17H36O6/c1-5-7-9-21-14(3)16(17(11-18,12-19)13-20)23-15(4)22-10-8-6-2/h14-16,18-20H,5-13H2,1-4H3. The number of hydrogen-bond donors (Lipinski definition) is 3. The lowest BCUT2D eigenvalue weighted by molar-refractivity contribution is -0.237. The van der Waals surface area contributed by atoms with E-state index in [1.54, 1.807) is 6.92 Å². The molecule has 3 N–H and O–H groups in total. The second-order valence-electron chi connectivity index (χ2n) is 6.11. The fourth-order valence-electron chi connectivity index (χ4n) is 2.31. The lowest BCUT2D eigenvalue weighted by Crippen LogP contribution is -2.53. The predicted octanol–water partition coefficient (Wildman–Crippen LogP) is 1.70. The first-order valence-corrected chi connectivity index (χ1v) is 8.72. The van der Waals surface area contributed by atoms with Gasteiger partial charge in [-0.05, 0) is 26.7 Å². The average molecular weight is 336 g/mol. The number of ether oxygens (including phenoxy) is 3. The number of aliphatic hydroxyl groups is 3. The van der Waals surface area contributed by atoms with E-state index in [4.69, 9.17) is 14.2 Å². The molecule has 0 radical (unpaired) electrons. The summed E-state index contributed by atoms with van der Waals surface area (Å²) in [5.41, 5.74) is -1.17. The van der Waals surface area contributed by atoms with Crippen LogP contribution in [0.15, 0.2) is 0 Å². The van der Waals surface area contributed by atoms with Crippen LogP contribution in [0.25, 0.3) is 0 Å². The molecule has 140 valence electrons. The van der Waals surface area contributed by atoms with Crippen molar-refractivity contribution >= 4 is 0 Å². The Morgan fingerprint density at radius 2 is 1.30 bits per heavy atom. The zero-order valence-corrected chi connectivity index (χ0v) is 15.2. The molecule has 0 rings (SSSR count). The van der Waals surface area contributed by atoms with Gasteiger partial charge in [0.1, 0.15) is 0 Å². The number of aliphatic hydroxyl groups excluding tert-OH is 3. The zero-order valence-electron chi connectivity index (χ0n) is 15.2. The number of hydrogen-bond acceptors (Lipinski definition) is 6. The Hall–Kier alpha value is -0.240. The summed E-state index contributed by atoms with van der Waals surface area (Å²) in [6.07, 6.45) is 2.34. The van der Waals surface area contributed by atoms with Crippen LogP contribution >= 0.6 is 0 Å². The summed E-state index contributed by atoms with van der Waals surface area (Å²) >= 11 is 0. The summed E-state index contributed by atoms with van der Waals surface area (Å²) in [4.78, 5) is 0. The predicted molar refractivity (Wildman–Crippen MR) is 89.2 cm³/mol. The Bertz CT molecular complexity index is 262. The molecule has 6 heteroatoms.